The first-order valence-electron chi connectivity index (χ1n) is 6.54. The molecule has 0 bridgehead atoms. The van der Waals surface area contributed by atoms with E-state index >= 15 is 0 Å². The number of benzene rings is 3. The van der Waals surface area contributed by atoms with E-state index in [1.54, 1.807) is 18.2 Å². The SMILES string of the molecule is Cc1cc(Cl)ccc1/N=N/c1ccc2ccccc2c1O. The maximum absolute atomic E-state index is 10.3. The van der Waals surface area contributed by atoms with Crippen molar-refractivity contribution in [1.82, 2.24) is 0 Å². The van der Waals surface area contributed by atoms with Crippen molar-refractivity contribution in [3.05, 3.63) is 65.2 Å². The van der Waals surface area contributed by atoms with Gasteiger partial charge in [-0.1, -0.05) is 41.9 Å². The number of aryl methyl sites for hydroxylation is 1. The topological polar surface area (TPSA) is 45.0 Å². The molecule has 0 amide bonds. The molecule has 0 aliphatic carbocycles. The Balaban J connectivity index is 2.01. The summed E-state index contributed by atoms with van der Waals surface area (Å²) in [5.74, 6) is 0.142. The molecule has 3 aromatic rings. The van der Waals surface area contributed by atoms with Gasteiger partial charge >= 0.3 is 0 Å². The molecule has 104 valence electrons. The van der Waals surface area contributed by atoms with Gasteiger partial charge in [0.2, 0.25) is 0 Å². The predicted octanol–water partition coefficient (Wildman–Crippen LogP) is 5.92. The molecule has 3 nitrogen and oxygen atoms in total. The average molecular weight is 297 g/mol. The summed E-state index contributed by atoms with van der Waals surface area (Å²) in [4.78, 5) is 0. The zero-order valence-corrected chi connectivity index (χ0v) is 12.2. The molecule has 0 fully saturated rings. The number of azo groups is 1. The Morgan fingerprint density at radius 3 is 2.43 bits per heavy atom. The maximum Gasteiger partial charge on any atom is 0.150 e. The Kier molecular flexibility index (Phi) is 3.59. The van der Waals surface area contributed by atoms with Crippen LogP contribution < -0.4 is 0 Å². The molecular formula is C17H13ClN2O. The first-order valence-corrected chi connectivity index (χ1v) is 6.91. The number of phenolic OH excluding ortho intramolecular Hbond substituents is 1. The molecule has 3 rings (SSSR count). The van der Waals surface area contributed by atoms with Crippen molar-refractivity contribution in [1.29, 1.82) is 0 Å². The van der Waals surface area contributed by atoms with Gasteiger partial charge in [0.1, 0.15) is 5.69 Å². The van der Waals surface area contributed by atoms with Crippen LogP contribution in [0.5, 0.6) is 5.75 Å². The van der Waals surface area contributed by atoms with Crippen LogP contribution >= 0.6 is 11.6 Å². The summed E-state index contributed by atoms with van der Waals surface area (Å²) >= 11 is 5.91. The van der Waals surface area contributed by atoms with Crippen LogP contribution in [0.15, 0.2) is 64.8 Å². The maximum atomic E-state index is 10.3. The summed E-state index contributed by atoms with van der Waals surface area (Å²) in [5.41, 5.74) is 2.11. The van der Waals surface area contributed by atoms with E-state index in [0.29, 0.717) is 10.7 Å². The third kappa shape index (κ3) is 2.73. The van der Waals surface area contributed by atoms with Crippen LogP contribution in [0.25, 0.3) is 10.8 Å². The molecule has 0 heterocycles. The molecule has 0 aliphatic heterocycles. The molecule has 0 aromatic heterocycles. The van der Waals surface area contributed by atoms with Crippen LogP contribution in [-0.4, -0.2) is 5.11 Å². The standard InChI is InChI=1S/C17H13ClN2O/c1-11-10-13(18)7-9-15(11)19-20-16-8-6-12-4-2-3-5-14(12)17(16)21/h2-10,21H,1H3/b20-19+. The van der Waals surface area contributed by atoms with Crippen LogP contribution in [0.2, 0.25) is 5.02 Å². The fourth-order valence-corrected chi connectivity index (χ4v) is 2.39. The first-order chi connectivity index (χ1) is 10.1. The smallest absolute Gasteiger partial charge is 0.150 e. The first kappa shape index (κ1) is 13.6. The van der Waals surface area contributed by atoms with Gasteiger partial charge in [0.25, 0.3) is 0 Å². The van der Waals surface area contributed by atoms with E-state index < -0.39 is 0 Å². The molecule has 0 saturated carbocycles. The van der Waals surface area contributed by atoms with Crippen LogP contribution in [0.4, 0.5) is 11.4 Å². The van der Waals surface area contributed by atoms with E-state index in [9.17, 15) is 5.11 Å². The molecule has 3 aromatic carbocycles. The number of hydrogen-bond donors (Lipinski definition) is 1. The van der Waals surface area contributed by atoms with Gasteiger partial charge in [-0.05, 0) is 42.1 Å². The number of fused-ring (bicyclic) bond motifs is 1. The lowest BCUT2D eigenvalue weighted by molar-refractivity contribution is 0.482. The van der Waals surface area contributed by atoms with Crippen LogP contribution in [0.3, 0.4) is 0 Å². The summed E-state index contributed by atoms with van der Waals surface area (Å²) in [6.07, 6.45) is 0. The van der Waals surface area contributed by atoms with Crippen LogP contribution in [0.1, 0.15) is 5.56 Å². The highest BCUT2D eigenvalue weighted by Crippen LogP contribution is 2.35. The van der Waals surface area contributed by atoms with E-state index in [1.165, 1.54) is 0 Å². The summed E-state index contributed by atoms with van der Waals surface area (Å²) in [6.45, 7) is 1.92. The fourth-order valence-electron chi connectivity index (χ4n) is 2.16. The van der Waals surface area contributed by atoms with E-state index in [2.05, 4.69) is 10.2 Å². The Hall–Kier alpha value is -2.39. The van der Waals surface area contributed by atoms with Crippen molar-refractivity contribution in [2.24, 2.45) is 10.2 Å². The number of aromatic hydroxyl groups is 1. The molecule has 21 heavy (non-hydrogen) atoms. The summed E-state index contributed by atoms with van der Waals surface area (Å²) in [6, 6.07) is 16.7. The number of hydrogen-bond acceptors (Lipinski definition) is 3. The van der Waals surface area contributed by atoms with E-state index in [4.69, 9.17) is 11.6 Å². The molecule has 1 N–H and O–H groups in total. The second-order valence-corrected chi connectivity index (χ2v) is 5.22. The molecule has 0 saturated heterocycles. The minimum Gasteiger partial charge on any atom is -0.505 e. The highest BCUT2D eigenvalue weighted by atomic mass is 35.5. The van der Waals surface area contributed by atoms with E-state index in [-0.39, 0.29) is 5.75 Å². The number of halogens is 1. The Morgan fingerprint density at radius 1 is 0.905 bits per heavy atom. The van der Waals surface area contributed by atoms with Gasteiger partial charge < -0.3 is 5.11 Å². The lowest BCUT2D eigenvalue weighted by Crippen LogP contribution is -1.76. The van der Waals surface area contributed by atoms with Crippen LogP contribution in [-0.2, 0) is 0 Å². The number of rotatable bonds is 2. The lowest BCUT2D eigenvalue weighted by Gasteiger charge is -2.03. The van der Waals surface area contributed by atoms with Crippen molar-refractivity contribution < 1.29 is 5.11 Å². The Bertz CT molecular complexity index is 843. The molecule has 0 atom stereocenters. The molecular weight excluding hydrogens is 284 g/mol. The predicted molar refractivity (Wildman–Crippen MR) is 86.0 cm³/mol. The van der Waals surface area contributed by atoms with Crippen molar-refractivity contribution >= 4 is 33.7 Å². The van der Waals surface area contributed by atoms with Gasteiger partial charge in [0, 0.05) is 10.4 Å². The molecule has 4 heteroatoms. The van der Waals surface area contributed by atoms with Crippen molar-refractivity contribution in [2.75, 3.05) is 0 Å². The van der Waals surface area contributed by atoms with Gasteiger partial charge in [-0.2, -0.15) is 5.11 Å². The van der Waals surface area contributed by atoms with Crippen molar-refractivity contribution in [3.63, 3.8) is 0 Å². The minimum atomic E-state index is 0.142. The van der Waals surface area contributed by atoms with Gasteiger partial charge in [0.15, 0.2) is 5.75 Å². The third-order valence-corrected chi connectivity index (χ3v) is 3.54. The average Bonchev–Trinajstić information content (AvgIpc) is 2.48. The largest absolute Gasteiger partial charge is 0.505 e. The fraction of sp³-hybridized carbons (Fsp3) is 0.0588. The van der Waals surface area contributed by atoms with Crippen molar-refractivity contribution in [3.8, 4) is 5.75 Å². The van der Waals surface area contributed by atoms with Gasteiger partial charge in [-0.3, -0.25) is 0 Å². The zero-order valence-electron chi connectivity index (χ0n) is 11.4. The Labute approximate surface area is 127 Å². The number of nitrogens with zero attached hydrogens (tertiary/aromatic N) is 2. The van der Waals surface area contributed by atoms with Crippen LogP contribution in [0, 0.1) is 6.92 Å². The Morgan fingerprint density at radius 2 is 1.62 bits per heavy atom. The van der Waals surface area contributed by atoms with E-state index in [0.717, 1.165) is 22.0 Å². The molecule has 0 aliphatic rings. The van der Waals surface area contributed by atoms with Crippen molar-refractivity contribution in [2.45, 2.75) is 6.92 Å². The van der Waals surface area contributed by atoms with Gasteiger partial charge in [0.05, 0.1) is 5.69 Å². The van der Waals surface area contributed by atoms with Gasteiger partial charge in [-0.25, -0.2) is 0 Å². The molecule has 0 spiro atoms. The molecule has 0 unspecified atom stereocenters. The summed E-state index contributed by atoms with van der Waals surface area (Å²) in [7, 11) is 0. The lowest BCUT2D eigenvalue weighted by atomic mass is 10.1. The molecule has 0 radical (unpaired) electrons. The zero-order chi connectivity index (χ0) is 14.8. The quantitative estimate of drug-likeness (QED) is 0.586. The van der Waals surface area contributed by atoms with Gasteiger partial charge in [-0.15, -0.1) is 5.11 Å². The highest BCUT2D eigenvalue weighted by Gasteiger charge is 2.05. The second kappa shape index (κ2) is 5.54. The summed E-state index contributed by atoms with van der Waals surface area (Å²) in [5, 5.41) is 21.0. The third-order valence-electron chi connectivity index (χ3n) is 3.30. The normalized spacial score (nSPS) is 11.3. The van der Waals surface area contributed by atoms with E-state index in [1.807, 2.05) is 43.3 Å². The second-order valence-electron chi connectivity index (χ2n) is 4.79. The summed E-state index contributed by atoms with van der Waals surface area (Å²) < 4.78 is 0. The minimum absolute atomic E-state index is 0.142. The number of phenols is 1. The monoisotopic (exact) mass is 296 g/mol. The highest BCUT2D eigenvalue weighted by molar-refractivity contribution is 6.30.